The molecule has 1 nitrogen and oxygen atoms in total. The Kier molecular flexibility index (Phi) is 3.52. The van der Waals surface area contributed by atoms with Crippen molar-refractivity contribution < 1.29 is 4.74 Å². The highest BCUT2D eigenvalue weighted by atomic mass is 28.2. The quantitative estimate of drug-likeness (QED) is 0.518. The summed E-state index contributed by atoms with van der Waals surface area (Å²) >= 11 is 0. The molecule has 66 valence electrons. The van der Waals surface area contributed by atoms with Crippen LogP contribution in [0, 0.1) is 6.92 Å². The zero-order valence-electron chi connectivity index (χ0n) is 7.71. The molecule has 2 radical (unpaired) electrons. The van der Waals surface area contributed by atoms with Crippen LogP contribution in [0.5, 0.6) is 0 Å². The molecule has 0 saturated heterocycles. The Morgan fingerprint density at radius 3 is 2.77 bits per heavy atom. The van der Waals surface area contributed by atoms with E-state index in [1.54, 1.807) is 0 Å². The molecule has 1 rings (SSSR count). The van der Waals surface area contributed by atoms with Gasteiger partial charge in [-0.05, 0) is 6.92 Å². The van der Waals surface area contributed by atoms with Crippen molar-refractivity contribution in [1.82, 2.24) is 0 Å². The fraction of sp³-hybridized carbons (Fsp3) is 0.0909. The highest BCUT2D eigenvalue weighted by molar-refractivity contribution is 6.60. The summed E-state index contributed by atoms with van der Waals surface area (Å²) in [4.78, 5) is 0. The fourth-order valence-electron chi connectivity index (χ4n) is 0.993. The molecule has 2 heteroatoms. The molecule has 0 fully saturated rings. The van der Waals surface area contributed by atoms with Gasteiger partial charge >= 0.3 is 0 Å². The fourth-order valence-corrected chi connectivity index (χ4v) is 1.90. The molecule has 0 aliphatic carbocycles. The lowest BCUT2D eigenvalue weighted by atomic mass is 10.2. The normalized spacial score (nSPS) is 9.31. The van der Waals surface area contributed by atoms with Crippen LogP contribution in [0.1, 0.15) is 5.56 Å². The second kappa shape index (κ2) is 4.67. The number of ether oxygens (including phenoxy) is 1. The van der Waals surface area contributed by atoms with Crippen molar-refractivity contribution in [2.24, 2.45) is 0 Å². The summed E-state index contributed by atoms with van der Waals surface area (Å²) in [5, 5.41) is 2.03. The molecule has 13 heavy (non-hydrogen) atoms. The summed E-state index contributed by atoms with van der Waals surface area (Å²) in [5.74, 6) is 0. The summed E-state index contributed by atoms with van der Waals surface area (Å²) in [6.45, 7) is 9.37. The first-order valence-corrected chi connectivity index (χ1v) is 5.03. The van der Waals surface area contributed by atoms with Crippen LogP contribution in [0.25, 0.3) is 0 Å². The first-order chi connectivity index (χ1) is 6.24. The summed E-state index contributed by atoms with van der Waals surface area (Å²) in [7, 11) is 0.496. The van der Waals surface area contributed by atoms with Crippen LogP contribution in [0.2, 0.25) is 0 Å². The van der Waals surface area contributed by atoms with Crippen molar-refractivity contribution in [1.29, 1.82) is 0 Å². The zero-order valence-corrected chi connectivity index (χ0v) is 8.71. The van der Waals surface area contributed by atoms with Crippen molar-refractivity contribution >= 4 is 14.7 Å². The molecule has 0 N–H and O–H groups in total. The van der Waals surface area contributed by atoms with Gasteiger partial charge in [0, 0.05) is 0 Å². The lowest BCUT2D eigenvalue weighted by Gasteiger charge is -2.05. The molecule has 0 bridgehead atoms. The highest BCUT2D eigenvalue weighted by Gasteiger charge is 2.01. The first kappa shape index (κ1) is 9.80. The van der Waals surface area contributed by atoms with E-state index in [-0.39, 0.29) is 0 Å². The molecular weight excluding hydrogens is 176 g/mol. The van der Waals surface area contributed by atoms with E-state index in [0.717, 1.165) is 5.38 Å². The van der Waals surface area contributed by atoms with Gasteiger partial charge in [-0.3, -0.25) is 0 Å². The predicted molar refractivity (Wildman–Crippen MR) is 57.0 cm³/mol. The van der Waals surface area contributed by atoms with Crippen molar-refractivity contribution in [2.45, 2.75) is 6.92 Å². The molecule has 1 aromatic carbocycles. The van der Waals surface area contributed by atoms with Gasteiger partial charge in [0.15, 0.2) is 9.52 Å². The van der Waals surface area contributed by atoms with Crippen LogP contribution in [-0.4, -0.2) is 9.52 Å². The molecular formula is C11H12OSi. The smallest absolute Gasteiger partial charge is 0.171 e. The topological polar surface area (TPSA) is 9.23 Å². The standard InChI is InChI=1S/C11H12OSi/c1-4-12-10(3)13-11-8-6-5-7-9(11)2/h4-8H,1,3H2,2H3. The Hall–Kier alpha value is -1.28. The zero-order chi connectivity index (χ0) is 9.68. The summed E-state index contributed by atoms with van der Waals surface area (Å²) in [5.41, 5.74) is 1.27. The number of hydrogen-bond donors (Lipinski definition) is 0. The van der Waals surface area contributed by atoms with E-state index in [1.165, 1.54) is 17.0 Å². The lowest BCUT2D eigenvalue weighted by Crippen LogP contribution is -2.19. The van der Waals surface area contributed by atoms with Crippen LogP contribution < -0.4 is 5.19 Å². The Morgan fingerprint density at radius 1 is 1.46 bits per heavy atom. The van der Waals surface area contributed by atoms with E-state index in [9.17, 15) is 0 Å². The third kappa shape index (κ3) is 2.91. The molecule has 0 spiro atoms. The van der Waals surface area contributed by atoms with Crippen LogP contribution in [-0.2, 0) is 4.74 Å². The van der Waals surface area contributed by atoms with Gasteiger partial charge in [0.25, 0.3) is 0 Å². The Labute approximate surface area is 81.6 Å². The summed E-state index contributed by atoms with van der Waals surface area (Å²) in [6.07, 6.45) is 1.41. The molecule has 0 amide bonds. The molecule has 1 aromatic rings. The van der Waals surface area contributed by atoms with Gasteiger partial charge in [0.1, 0.15) is 0 Å². The number of aryl methyl sites for hydroxylation is 1. The van der Waals surface area contributed by atoms with Gasteiger partial charge in [-0.15, -0.1) is 0 Å². The van der Waals surface area contributed by atoms with Crippen molar-refractivity contribution in [3.63, 3.8) is 0 Å². The maximum absolute atomic E-state index is 5.08. The molecule has 0 unspecified atom stereocenters. The van der Waals surface area contributed by atoms with Gasteiger partial charge < -0.3 is 4.74 Å². The number of rotatable bonds is 4. The highest BCUT2D eigenvalue weighted by Crippen LogP contribution is 1.96. The van der Waals surface area contributed by atoms with Crippen molar-refractivity contribution in [3.8, 4) is 0 Å². The Bertz CT molecular complexity index is 318. The van der Waals surface area contributed by atoms with Crippen LogP contribution in [0.4, 0.5) is 0 Å². The SMILES string of the molecule is C=COC(=C)[Si]c1ccccc1C. The summed E-state index contributed by atoms with van der Waals surface area (Å²) < 4.78 is 5.08. The van der Waals surface area contributed by atoms with E-state index in [2.05, 4.69) is 32.2 Å². The minimum absolute atomic E-state index is 0.496. The van der Waals surface area contributed by atoms with E-state index in [1.807, 2.05) is 12.1 Å². The predicted octanol–water partition coefficient (Wildman–Crippen LogP) is 1.96. The van der Waals surface area contributed by atoms with E-state index >= 15 is 0 Å². The minimum atomic E-state index is 0.496. The minimum Gasteiger partial charge on any atom is -0.476 e. The molecule has 0 atom stereocenters. The third-order valence-corrected chi connectivity index (χ3v) is 2.87. The number of benzene rings is 1. The molecule has 0 heterocycles. The molecule has 0 saturated carbocycles. The van der Waals surface area contributed by atoms with E-state index in [0.29, 0.717) is 9.52 Å². The van der Waals surface area contributed by atoms with Gasteiger partial charge in [0.05, 0.1) is 11.6 Å². The molecule has 0 aliphatic rings. The Balaban J connectivity index is 2.68. The van der Waals surface area contributed by atoms with Crippen LogP contribution >= 0.6 is 0 Å². The van der Waals surface area contributed by atoms with Gasteiger partial charge in [-0.1, -0.05) is 48.2 Å². The van der Waals surface area contributed by atoms with Crippen molar-refractivity contribution in [2.75, 3.05) is 0 Å². The van der Waals surface area contributed by atoms with Crippen molar-refractivity contribution in [3.05, 3.63) is 54.6 Å². The first-order valence-electron chi connectivity index (χ1n) is 4.03. The second-order valence-electron chi connectivity index (χ2n) is 2.65. The Morgan fingerprint density at radius 2 is 2.15 bits per heavy atom. The molecule has 0 aliphatic heterocycles. The monoisotopic (exact) mass is 188 g/mol. The van der Waals surface area contributed by atoms with Crippen LogP contribution in [0.15, 0.2) is 49.1 Å². The van der Waals surface area contributed by atoms with E-state index < -0.39 is 0 Å². The maximum Gasteiger partial charge on any atom is 0.171 e. The third-order valence-electron chi connectivity index (χ3n) is 1.64. The average molecular weight is 188 g/mol. The van der Waals surface area contributed by atoms with E-state index in [4.69, 9.17) is 4.74 Å². The maximum atomic E-state index is 5.08. The van der Waals surface area contributed by atoms with Gasteiger partial charge in [-0.25, -0.2) is 0 Å². The van der Waals surface area contributed by atoms with Crippen LogP contribution in [0.3, 0.4) is 0 Å². The van der Waals surface area contributed by atoms with Gasteiger partial charge in [0.2, 0.25) is 0 Å². The lowest BCUT2D eigenvalue weighted by molar-refractivity contribution is 0.387. The second-order valence-corrected chi connectivity index (χ2v) is 3.99. The average Bonchev–Trinajstić information content (AvgIpc) is 2.09. The largest absolute Gasteiger partial charge is 0.476 e. The number of hydrogen-bond acceptors (Lipinski definition) is 1. The summed E-state index contributed by atoms with van der Waals surface area (Å²) in [6, 6.07) is 8.23. The molecule has 0 aromatic heterocycles. The van der Waals surface area contributed by atoms with Gasteiger partial charge in [-0.2, -0.15) is 0 Å².